The maximum Gasteiger partial charge on any atom is 0.279 e. The Morgan fingerprint density at radius 3 is 2.16 bits per heavy atom. The Morgan fingerprint density at radius 2 is 1.68 bits per heavy atom. The molecule has 0 aromatic rings. The van der Waals surface area contributed by atoms with E-state index in [4.69, 9.17) is 0 Å². The fourth-order valence-corrected chi connectivity index (χ4v) is 4.02. The number of hydrogen-bond donors (Lipinski definition) is 2. The van der Waals surface area contributed by atoms with Crippen LogP contribution < -0.4 is 10.0 Å². The number of nitrogens with zero attached hydrogens (tertiary/aromatic N) is 1. The highest BCUT2D eigenvalue weighted by atomic mass is 32.2. The highest BCUT2D eigenvalue weighted by Crippen LogP contribution is 2.22. The summed E-state index contributed by atoms with van der Waals surface area (Å²) in [6, 6.07) is 0.740. The van der Waals surface area contributed by atoms with Crippen LogP contribution in [0.1, 0.15) is 46.5 Å². The van der Waals surface area contributed by atoms with Gasteiger partial charge in [-0.25, -0.2) is 0 Å². The van der Waals surface area contributed by atoms with Gasteiger partial charge in [0.25, 0.3) is 10.2 Å². The summed E-state index contributed by atoms with van der Waals surface area (Å²) in [5.74, 6) is 0.627. The van der Waals surface area contributed by atoms with E-state index in [1.165, 1.54) is 12.8 Å². The molecule has 1 aliphatic carbocycles. The van der Waals surface area contributed by atoms with Crippen molar-refractivity contribution in [3.8, 4) is 0 Å². The Labute approximate surface area is 117 Å². The van der Waals surface area contributed by atoms with Crippen molar-refractivity contribution in [3.05, 3.63) is 0 Å². The second-order valence-corrected chi connectivity index (χ2v) is 8.55. The van der Waals surface area contributed by atoms with Crippen LogP contribution in [0.5, 0.6) is 0 Å². The molecule has 0 bridgehead atoms. The van der Waals surface area contributed by atoms with Crippen molar-refractivity contribution >= 4 is 10.2 Å². The fraction of sp³-hybridized carbons (Fsp3) is 1.00. The summed E-state index contributed by atoms with van der Waals surface area (Å²) in [4.78, 5) is 0. The van der Waals surface area contributed by atoms with Gasteiger partial charge in [0.05, 0.1) is 0 Å². The van der Waals surface area contributed by atoms with Crippen molar-refractivity contribution in [2.75, 3.05) is 19.6 Å². The summed E-state index contributed by atoms with van der Waals surface area (Å²) < 4.78 is 28.7. The highest BCUT2D eigenvalue weighted by Gasteiger charge is 2.31. The first-order valence-electron chi connectivity index (χ1n) is 7.29. The molecule has 2 aliphatic rings. The first kappa shape index (κ1) is 15.2. The smallest absolute Gasteiger partial charge is 0.279 e. The molecule has 2 fully saturated rings. The van der Waals surface area contributed by atoms with E-state index in [0.29, 0.717) is 19.0 Å². The maximum absolute atomic E-state index is 12.2. The highest BCUT2D eigenvalue weighted by molar-refractivity contribution is 7.87. The van der Waals surface area contributed by atoms with Gasteiger partial charge in [-0.2, -0.15) is 17.4 Å². The lowest BCUT2D eigenvalue weighted by atomic mass is 9.98. The van der Waals surface area contributed by atoms with Crippen LogP contribution >= 0.6 is 0 Å². The van der Waals surface area contributed by atoms with Crippen molar-refractivity contribution in [2.24, 2.45) is 5.92 Å². The average Bonchev–Trinajstić information content (AvgIpc) is 3.07. The van der Waals surface area contributed by atoms with Gasteiger partial charge in [-0.15, -0.1) is 0 Å². The third-order valence-electron chi connectivity index (χ3n) is 3.62. The molecule has 0 atom stereocenters. The minimum absolute atomic E-state index is 0.413. The molecule has 0 unspecified atom stereocenters. The van der Waals surface area contributed by atoms with Crippen LogP contribution in [0.3, 0.4) is 0 Å². The first-order valence-corrected chi connectivity index (χ1v) is 8.73. The summed E-state index contributed by atoms with van der Waals surface area (Å²) >= 11 is 0. The van der Waals surface area contributed by atoms with E-state index in [9.17, 15) is 8.42 Å². The van der Waals surface area contributed by atoms with Gasteiger partial charge in [0.15, 0.2) is 0 Å². The molecule has 19 heavy (non-hydrogen) atoms. The van der Waals surface area contributed by atoms with Crippen LogP contribution in [0.15, 0.2) is 0 Å². The molecule has 6 heteroatoms. The Morgan fingerprint density at radius 1 is 1.11 bits per heavy atom. The largest absolute Gasteiger partial charge is 0.314 e. The maximum atomic E-state index is 12.2. The summed E-state index contributed by atoms with van der Waals surface area (Å²) in [7, 11) is -3.32. The normalized spacial score (nSPS) is 23.7. The van der Waals surface area contributed by atoms with E-state index in [1.54, 1.807) is 4.31 Å². The van der Waals surface area contributed by atoms with Gasteiger partial charge in [-0.3, -0.25) is 0 Å². The summed E-state index contributed by atoms with van der Waals surface area (Å²) in [5.41, 5.74) is -0.413. The molecule has 0 aromatic heterocycles. The Bertz CT molecular complexity index is 391. The summed E-state index contributed by atoms with van der Waals surface area (Å²) in [6.07, 6.45) is 4.54. The molecule has 0 aromatic carbocycles. The zero-order chi connectivity index (χ0) is 14.1. The molecule has 1 heterocycles. The minimum Gasteiger partial charge on any atom is -0.314 e. The number of piperidine rings is 1. The molecule has 2 rings (SSSR count). The van der Waals surface area contributed by atoms with E-state index in [1.807, 2.05) is 20.8 Å². The Balaban J connectivity index is 1.78. The third kappa shape index (κ3) is 5.02. The zero-order valence-electron chi connectivity index (χ0n) is 12.3. The van der Waals surface area contributed by atoms with Gasteiger partial charge in [0, 0.05) is 24.7 Å². The topological polar surface area (TPSA) is 61.4 Å². The van der Waals surface area contributed by atoms with Gasteiger partial charge < -0.3 is 5.32 Å². The van der Waals surface area contributed by atoms with Crippen LogP contribution in [0, 0.1) is 5.92 Å². The minimum atomic E-state index is -3.32. The lowest BCUT2D eigenvalue weighted by Crippen LogP contribution is -2.51. The van der Waals surface area contributed by atoms with E-state index >= 15 is 0 Å². The molecular weight excluding hydrogens is 262 g/mol. The quantitative estimate of drug-likeness (QED) is 0.796. The second kappa shape index (κ2) is 5.68. The lowest BCUT2D eigenvalue weighted by molar-refractivity contribution is 0.261. The van der Waals surface area contributed by atoms with Gasteiger partial charge in [-0.1, -0.05) is 0 Å². The first-order chi connectivity index (χ1) is 8.76. The van der Waals surface area contributed by atoms with E-state index < -0.39 is 15.7 Å². The van der Waals surface area contributed by atoms with E-state index in [-0.39, 0.29) is 0 Å². The predicted octanol–water partition coefficient (Wildman–Crippen LogP) is 1.08. The van der Waals surface area contributed by atoms with Crippen molar-refractivity contribution in [1.29, 1.82) is 0 Å². The third-order valence-corrected chi connectivity index (χ3v) is 5.54. The van der Waals surface area contributed by atoms with E-state index in [2.05, 4.69) is 10.0 Å². The fourth-order valence-electron chi connectivity index (χ4n) is 2.43. The molecule has 2 N–H and O–H groups in total. The van der Waals surface area contributed by atoms with Gasteiger partial charge >= 0.3 is 0 Å². The predicted molar refractivity (Wildman–Crippen MR) is 77.1 cm³/mol. The standard InChI is InChI=1S/C13H27N3O2S/c1-13(2,3)15-19(17,18)16-8-6-11(7-9-16)10-14-12-4-5-12/h11-12,14-15H,4-10H2,1-3H3. The van der Waals surface area contributed by atoms with Crippen LogP contribution in [0.25, 0.3) is 0 Å². The van der Waals surface area contributed by atoms with Crippen molar-refractivity contribution in [2.45, 2.75) is 58.0 Å². The SMILES string of the molecule is CC(C)(C)NS(=O)(=O)N1CCC(CNC2CC2)CC1. The molecule has 5 nitrogen and oxygen atoms in total. The molecule has 0 spiro atoms. The Hall–Kier alpha value is -0.170. The van der Waals surface area contributed by atoms with Crippen LogP contribution in [-0.4, -0.2) is 43.9 Å². The van der Waals surface area contributed by atoms with Gasteiger partial charge in [0.2, 0.25) is 0 Å². The molecule has 1 aliphatic heterocycles. The number of nitrogens with one attached hydrogen (secondary N) is 2. The van der Waals surface area contributed by atoms with Crippen LogP contribution in [0.4, 0.5) is 0 Å². The molecule has 112 valence electrons. The molecular formula is C13H27N3O2S. The molecule has 0 radical (unpaired) electrons. The second-order valence-electron chi connectivity index (χ2n) is 6.88. The number of rotatable bonds is 5. The zero-order valence-corrected chi connectivity index (χ0v) is 13.1. The average molecular weight is 289 g/mol. The lowest BCUT2D eigenvalue weighted by Gasteiger charge is -2.33. The summed E-state index contributed by atoms with van der Waals surface area (Å²) in [5, 5.41) is 3.53. The van der Waals surface area contributed by atoms with Gasteiger partial charge in [0.1, 0.15) is 0 Å². The van der Waals surface area contributed by atoms with Crippen LogP contribution in [-0.2, 0) is 10.2 Å². The molecule has 1 saturated heterocycles. The summed E-state index contributed by atoms with van der Waals surface area (Å²) in [6.45, 7) is 7.95. The monoisotopic (exact) mass is 289 g/mol. The van der Waals surface area contributed by atoms with Crippen molar-refractivity contribution < 1.29 is 8.42 Å². The Kier molecular flexibility index (Phi) is 4.55. The molecule has 0 amide bonds. The van der Waals surface area contributed by atoms with Crippen molar-refractivity contribution in [1.82, 2.24) is 14.3 Å². The van der Waals surface area contributed by atoms with E-state index in [0.717, 1.165) is 25.4 Å². The van der Waals surface area contributed by atoms with Crippen LogP contribution in [0.2, 0.25) is 0 Å². The molecule has 1 saturated carbocycles. The van der Waals surface area contributed by atoms with Crippen molar-refractivity contribution in [3.63, 3.8) is 0 Å². The van der Waals surface area contributed by atoms with Gasteiger partial charge in [-0.05, 0) is 58.9 Å². The number of hydrogen-bond acceptors (Lipinski definition) is 3.